The van der Waals surface area contributed by atoms with Crippen molar-refractivity contribution in [1.29, 1.82) is 0 Å². The summed E-state index contributed by atoms with van der Waals surface area (Å²) in [5, 5.41) is 2.89. The molecule has 1 aliphatic heterocycles. The first kappa shape index (κ1) is 12.7. The fourth-order valence-electron chi connectivity index (χ4n) is 1.79. The molecule has 0 atom stereocenters. The van der Waals surface area contributed by atoms with Gasteiger partial charge in [-0.2, -0.15) is 0 Å². The van der Waals surface area contributed by atoms with Gasteiger partial charge in [-0.05, 0) is 24.6 Å². The van der Waals surface area contributed by atoms with Gasteiger partial charge in [0.05, 0.1) is 13.2 Å². The van der Waals surface area contributed by atoms with Gasteiger partial charge in [0.1, 0.15) is 0 Å². The van der Waals surface area contributed by atoms with Crippen molar-refractivity contribution >= 4 is 5.91 Å². The van der Waals surface area contributed by atoms with Gasteiger partial charge in [-0.15, -0.1) is 0 Å². The molecule has 0 bridgehead atoms. The van der Waals surface area contributed by atoms with E-state index >= 15 is 0 Å². The zero-order chi connectivity index (χ0) is 12.8. The molecule has 0 spiro atoms. The third-order valence-electron chi connectivity index (χ3n) is 2.83. The molecule has 0 aromatic heterocycles. The number of benzene rings is 1. The molecule has 0 saturated carbocycles. The molecular formula is C14H19NO3. The van der Waals surface area contributed by atoms with E-state index in [-0.39, 0.29) is 5.91 Å². The van der Waals surface area contributed by atoms with E-state index in [1.165, 1.54) is 0 Å². The van der Waals surface area contributed by atoms with Gasteiger partial charge in [-0.3, -0.25) is 4.79 Å². The first-order valence-electron chi connectivity index (χ1n) is 6.49. The molecule has 1 aliphatic rings. The van der Waals surface area contributed by atoms with E-state index in [0.717, 1.165) is 25.0 Å². The van der Waals surface area contributed by atoms with Crippen molar-refractivity contribution in [2.45, 2.75) is 26.2 Å². The van der Waals surface area contributed by atoms with Gasteiger partial charge in [0.25, 0.3) is 5.91 Å². The smallest absolute Gasteiger partial charge is 0.251 e. The van der Waals surface area contributed by atoms with Crippen LogP contribution >= 0.6 is 0 Å². The maximum atomic E-state index is 11.9. The molecule has 0 radical (unpaired) electrons. The Hall–Kier alpha value is -1.71. The zero-order valence-corrected chi connectivity index (χ0v) is 10.7. The summed E-state index contributed by atoms with van der Waals surface area (Å²) in [6, 6.07) is 5.33. The number of fused-ring (bicyclic) bond motifs is 1. The molecular weight excluding hydrogens is 230 g/mol. The van der Waals surface area contributed by atoms with E-state index in [9.17, 15) is 4.79 Å². The predicted octanol–water partition coefficient (Wildman–Crippen LogP) is 2.38. The van der Waals surface area contributed by atoms with Crippen LogP contribution in [0.4, 0.5) is 0 Å². The molecule has 1 aromatic rings. The van der Waals surface area contributed by atoms with Crippen molar-refractivity contribution in [2.75, 3.05) is 19.8 Å². The molecule has 98 valence electrons. The summed E-state index contributed by atoms with van der Waals surface area (Å²) in [6.45, 7) is 4.10. The van der Waals surface area contributed by atoms with Crippen molar-refractivity contribution in [3.63, 3.8) is 0 Å². The number of hydrogen-bond donors (Lipinski definition) is 1. The minimum atomic E-state index is -0.0564. The Kier molecular flexibility index (Phi) is 4.45. The summed E-state index contributed by atoms with van der Waals surface area (Å²) in [5.41, 5.74) is 0.621. The van der Waals surface area contributed by atoms with Crippen LogP contribution in [0.1, 0.15) is 36.5 Å². The van der Waals surface area contributed by atoms with Gasteiger partial charge in [0.15, 0.2) is 11.5 Å². The lowest BCUT2D eigenvalue weighted by molar-refractivity contribution is 0.0952. The SMILES string of the molecule is CCCCNC(=O)c1ccc2c(c1)OCCCO2. The number of carbonyl (C=O) groups is 1. The highest BCUT2D eigenvalue weighted by molar-refractivity contribution is 5.94. The topological polar surface area (TPSA) is 47.6 Å². The maximum absolute atomic E-state index is 11.9. The highest BCUT2D eigenvalue weighted by Gasteiger charge is 2.13. The van der Waals surface area contributed by atoms with Crippen LogP contribution in [-0.2, 0) is 0 Å². The lowest BCUT2D eigenvalue weighted by atomic mass is 10.2. The fraction of sp³-hybridized carbons (Fsp3) is 0.500. The number of nitrogens with one attached hydrogen (secondary N) is 1. The molecule has 1 amide bonds. The van der Waals surface area contributed by atoms with Crippen molar-refractivity contribution < 1.29 is 14.3 Å². The Labute approximate surface area is 107 Å². The second-order valence-corrected chi connectivity index (χ2v) is 4.32. The largest absolute Gasteiger partial charge is 0.490 e. The quantitative estimate of drug-likeness (QED) is 0.833. The zero-order valence-electron chi connectivity index (χ0n) is 10.7. The third kappa shape index (κ3) is 3.15. The molecule has 0 saturated heterocycles. The summed E-state index contributed by atoms with van der Waals surface area (Å²) in [6.07, 6.45) is 2.93. The van der Waals surface area contributed by atoms with E-state index in [2.05, 4.69) is 12.2 Å². The second kappa shape index (κ2) is 6.28. The number of amides is 1. The molecule has 4 heteroatoms. The third-order valence-corrected chi connectivity index (χ3v) is 2.83. The Balaban J connectivity index is 2.05. The van der Waals surface area contributed by atoms with Crippen LogP contribution in [-0.4, -0.2) is 25.7 Å². The van der Waals surface area contributed by atoms with Crippen molar-refractivity contribution in [3.05, 3.63) is 23.8 Å². The van der Waals surface area contributed by atoms with Crippen molar-refractivity contribution in [3.8, 4) is 11.5 Å². The maximum Gasteiger partial charge on any atom is 0.251 e. The molecule has 4 nitrogen and oxygen atoms in total. The fourth-order valence-corrected chi connectivity index (χ4v) is 1.79. The number of carbonyl (C=O) groups excluding carboxylic acids is 1. The standard InChI is InChI=1S/C14H19NO3/c1-2-3-7-15-14(16)11-5-6-12-13(10-11)18-9-4-8-17-12/h5-6,10H,2-4,7-9H2,1H3,(H,15,16). The van der Waals surface area contributed by atoms with Crippen LogP contribution in [0, 0.1) is 0 Å². The van der Waals surface area contributed by atoms with Crippen LogP contribution in [0.25, 0.3) is 0 Å². The van der Waals surface area contributed by atoms with Crippen LogP contribution < -0.4 is 14.8 Å². The van der Waals surface area contributed by atoms with Crippen LogP contribution in [0.5, 0.6) is 11.5 Å². The van der Waals surface area contributed by atoms with Gasteiger partial charge in [-0.1, -0.05) is 13.3 Å². The van der Waals surface area contributed by atoms with E-state index in [0.29, 0.717) is 31.1 Å². The highest BCUT2D eigenvalue weighted by Crippen LogP contribution is 2.30. The molecule has 0 unspecified atom stereocenters. The molecule has 0 aliphatic carbocycles. The Morgan fingerprint density at radius 2 is 2.06 bits per heavy atom. The van der Waals surface area contributed by atoms with Gasteiger partial charge >= 0.3 is 0 Å². The normalized spacial score (nSPS) is 13.8. The first-order valence-corrected chi connectivity index (χ1v) is 6.49. The summed E-state index contributed by atoms with van der Waals surface area (Å²) in [5.74, 6) is 1.33. The highest BCUT2D eigenvalue weighted by atomic mass is 16.5. The number of unbranched alkanes of at least 4 members (excludes halogenated alkanes) is 1. The Morgan fingerprint density at radius 3 is 2.83 bits per heavy atom. The van der Waals surface area contributed by atoms with E-state index in [1.807, 2.05) is 0 Å². The number of rotatable bonds is 4. The molecule has 1 aromatic carbocycles. The minimum absolute atomic E-state index is 0.0564. The number of hydrogen-bond acceptors (Lipinski definition) is 3. The molecule has 1 heterocycles. The second-order valence-electron chi connectivity index (χ2n) is 4.32. The Morgan fingerprint density at radius 1 is 1.28 bits per heavy atom. The summed E-state index contributed by atoms with van der Waals surface area (Å²) in [7, 11) is 0. The van der Waals surface area contributed by atoms with Crippen LogP contribution in [0.15, 0.2) is 18.2 Å². The minimum Gasteiger partial charge on any atom is -0.490 e. The monoisotopic (exact) mass is 249 g/mol. The summed E-state index contributed by atoms with van der Waals surface area (Å²) in [4.78, 5) is 11.9. The van der Waals surface area contributed by atoms with E-state index in [1.54, 1.807) is 18.2 Å². The van der Waals surface area contributed by atoms with E-state index in [4.69, 9.17) is 9.47 Å². The molecule has 1 N–H and O–H groups in total. The predicted molar refractivity (Wildman–Crippen MR) is 69.3 cm³/mol. The summed E-state index contributed by atoms with van der Waals surface area (Å²) >= 11 is 0. The molecule has 2 rings (SSSR count). The van der Waals surface area contributed by atoms with Crippen molar-refractivity contribution in [2.24, 2.45) is 0 Å². The van der Waals surface area contributed by atoms with Crippen LogP contribution in [0.3, 0.4) is 0 Å². The summed E-state index contributed by atoms with van der Waals surface area (Å²) < 4.78 is 11.1. The lowest BCUT2D eigenvalue weighted by Crippen LogP contribution is -2.24. The Bertz CT molecular complexity index is 418. The van der Waals surface area contributed by atoms with Gasteiger partial charge in [0.2, 0.25) is 0 Å². The molecule has 18 heavy (non-hydrogen) atoms. The lowest BCUT2D eigenvalue weighted by Gasteiger charge is -2.09. The number of ether oxygens (including phenoxy) is 2. The van der Waals surface area contributed by atoms with Crippen LogP contribution in [0.2, 0.25) is 0 Å². The van der Waals surface area contributed by atoms with Gasteiger partial charge in [0, 0.05) is 18.5 Å². The van der Waals surface area contributed by atoms with Crippen molar-refractivity contribution in [1.82, 2.24) is 5.32 Å². The average molecular weight is 249 g/mol. The molecule has 0 fully saturated rings. The van der Waals surface area contributed by atoms with E-state index < -0.39 is 0 Å². The van der Waals surface area contributed by atoms with Gasteiger partial charge < -0.3 is 14.8 Å². The average Bonchev–Trinajstić information content (AvgIpc) is 2.63. The van der Waals surface area contributed by atoms with Gasteiger partial charge in [-0.25, -0.2) is 0 Å². The first-order chi connectivity index (χ1) is 8.81.